The van der Waals surface area contributed by atoms with Crippen molar-refractivity contribution in [3.63, 3.8) is 0 Å². The molecule has 0 radical (unpaired) electrons. The van der Waals surface area contributed by atoms with Crippen LogP contribution in [-0.4, -0.2) is 28.5 Å². The van der Waals surface area contributed by atoms with E-state index in [9.17, 15) is 9.59 Å². The van der Waals surface area contributed by atoms with Crippen LogP contribution in [0.15, 0.2) is 29.6 Å². The highest BCUT2D eigenvalue weighted by Crippen LogP contribution is 2.28. The van der Waals surface area contributed by atoms with Crippen LogP contribution in [0.25, 0.3) is 11.3 Å². The predicted molar refractivity (Wildman–Crippen MR) is 80.4 cm³/mol. The maximum absolute atomic E-state index is 11.9. The third-order valence-corrected chi connectivity index (χ3v) is 4.34. The van der Waals surface area contributed by atoms with Gasteiger partial charge in [0.25, 0.3) is 0 Å². The van der Waals surface area contributed by atoms with Crippen molar-refractivity contribution in [3.05, 3.63) is 34.7 Å². The highest BCUT2D eigenvalue weighted by Gasteiger charge is 2.34. The fourth-order valence-electron chi connectivity index (χ4n) is 2.43. The number of benzene rings is 1. The molecule has 6 heteroatoms. The van der Waals surface area contributed by atoms with Gasteiger partial charge in [-0.25, -0.2) is 4.98 Å². The summed E-state index contributed by atoms with van der Waals surface area (Å²) in [6.45, 7) is 2.20. The first-order chi connectivity index (χ1) is 10.0. The van der Waals surface area contributed by atoms with Crippen LogP contribution < -0.4 is 4.90 Å². The first-order valence-electron chi connectivity index (χ1n) is 6.60. The number of thiazole rings is 1. The third kappa shape index (κ3) is 2.67. The molecule has 1 N–H and O–H groups in total. The van der Waals surface area contributed by atoms with E-state index in [0.29, 0.717) is 0 Å². The number of aryl methyl sites for hydroxylation is 1. The standard InChI is InChI=1S/C15H14N2O3S/c1-9-16-13(8-21-9)10-2-4-12(5-3-10)17-7-11(15(19)20)6-14(17)18/h2-5,8,11H,6-7H2,1H3,(H,19,20)/t11-/m1/s1. The second kappa shape index (κ2) is 5.29. The number of carbonyl (C=O) groups is 2. The van der Waals surface area contributed by atoms with Crippen LogP contribution in [0.5, 0.6) is 0 Å². The van der Waals surface area contributed by atoms with Crippen molar-refractivity contribution in [2.24, 2.45) is 5.92 Å². The summed E-state index contributed by atoms with van der Waals surface area (Å²) in [6, 6.07) is 7.49. The zero-order valence-electron chi connectivity index (χ0n) is 11.4. The Hall–Kier alpha value is -2.21. The van der Waals surface area contributed by atoms with Crippen molar-refractivity contribution >= 4 is 28.9 Å². The molecular formula is C15H14N2O3S. The van der Waals surface area contributed by atoms with Crippen LogP contribution in [0.1, 0.15) is 11.4 Å². The molecule has 1 fully saturated rings. The second-order valence-electron chi connectivity index (χ2n) is 5.04. The number of carboxylic acid groups (broad SMARTS) is 1. The molecule has 108 valence electrons. The fraction of sp³-hybridized carbons (Fsp3) is 0.267. The van der Waals surface area contributed by atoms with Crippen molar-refractivity contribution in [3.8, 4) is 11.3 Å². The summed E-state index contributed by atoms with van der Waals surface area (Å²) in [4.78, 5) is 28.8. The van der Waals surface area contributed by atoms with Crippen molar-refractivity contribution in [1.29, 1.82) is 0 Å². The van der Waals surface area contributed by atoms with E-state index in [2.05, 4.69) is 4.98 Å². The highest BCUT2D eigenvalue weighted by molar-refractivity contribution is 7.09. The van der Waals surface area contributed by atoms with Gasteiger partial charge in [0, 0.05) is 29.6 Å². The summed E-state index contributed by atoms with van der Waals surface area (Å²) in [7, 11) is 0. The van der Waals surface area contributed by atoms with E-state index in [1.807, 2.05) is 36.6 Å². The highest BCUT2D eigenvalue weighted by atomic mass is 32.1. The topological polar surface area (TPSA) is 70.5 Å². The molecule has 2 aromatic rings. The Morgan fingerprint density at radius 3 is 2.62 bits per heavy atom. The van der Waals surface area contributed by atoms with Crippen molar-refractivity contribution < 1.29 is 14.7 Å². The number of hydrogen-bond donors (Lipinski definition) is 1. The van der Waals surface area contributed by atoms with Crippen molar-refractivity contribution in [1.82, 2.24) is 4.98 Å². The van der Waals surface area contributed by atoms with Gasteiger partial charge in [-0.2, -0.15) is 0 Å². The van der Waals surface area contributed by atoms with Gasteiger partial charge in [-0.3, -0.25) is 9.59 Å². The largest absolute Gasteiger partial charge is 0.481 e. The lowest BCUT2D eigenvalue weighted by molar-refractivity contribution is -0.141. The lowest BCUT2D eigenvalue weighted by Crippen LogP contribution is -2.25. The molecule has 1 atom stereocenters. The van der Waals surface area contributed by atoms with Crippen molar-refractivity contribution in [2.75, 3.05) is 11.4 Å². The van der Waals surface area contributed by atoms with E-state index in [1.165, 1.54) is 4.90 Å². The predicted octanol–water partition coefficient (Wildman–Crippen LogP) is 2.56. The minimum atomic E-state index is -0.916. The van der Waals surface area contributed by atoms with Gasteiger partial charge >= 0.3 is 5.97 Å². The second-order valence-corrected chi connectivity index (χ2v) is 6.10. The van der Waals surface area contributed by atoms with Crippen molar-refractivity contribution in [2.45, 2.75) is 13.3 Å². The molecule has 1 amide bonds. The molecule has 1 aromatic carbocycles. The van der Waals surface area contributed by atoms with E-state index in [-0.39, 0.29) is 18.9 Å². The maximum atomic E-state index is 11.9. The Balaban J connectivity index is 1.81. The minimum absolute atomic E-state index is 0.0718. The number of amides is 1. The smallest absolute Gasteiger partial charge is 0.308 e. The van der Waals surface area contributed by atoms with Crippen LogP contribution in [0, 0.1) is 12.8 Å². The number of nitrogens with zero attached hydrogens (tertiary/aromatic N) is 2. The Labute approximate surface area is 125 Å². The zero-order chi connectivity index (χ0) is 15.0. The average molecular weight is 302 g/mol. The lowest BCUT2D eigenvalue weighted by atomic mass is 10.1. The average Bonchev–Trinajstić information content (AvgIpc) is 3.05. The molecule has 0 aliphatic carbocycles. The Morgan fingerprint density at radius 2 is 2.10 bits per heavy atom. The number of rotatable bonds is 3. The molecule has 0 spiro atoms. The first kappa shape index (κ1) is 13.8. The molecule has 5 nitrogen and oxygen atoms in total. The Kier molecular flexibility index (Phi) is 3.47. The zero-order valence-corrected chi connectivity index (χ0v) is 12.3. The molecule has 21 heavy (non-hydrogen) atoms. The van der Waals surface area contributed by atoms with E-state index in [0.717, 1.165) is 22.0 Å². The van der Waals surface area contributed by atoms with Crippen LogP contribution in [0.3, 0.4) is 0 Å². The molecule has 1 aromatic heterocycles. The summed E-state index contributed by atoms with van der Waals surface area (Å²) in [5, 5.41) is 12.0. The number of aromatic nitrogens is 1. The molecule has 2 heterocycles. The summed E-state index contributed by atoms with van der Waals surface area (Å²) < 4.78 is 0. The number of anilines is 1. The molecule has 3 rings (SSSR count). The van der Waals surface area contributed by atoms with Gasteiger partial charge in [-0.15, -0.1) is 11.3 Å². The number of carbonyl (C=O) groups excluding carboxylic acids is 1. The normalized spacial score (nSPS) is 18.2. The summed E-state index contributed by atoms with van der Waals surface area (Å²) in [5.74, 6) is -1.67. The van der Waals surface area contributed by atoms with E-state index < -0.39 is 11.9 Å². The number of carboxylic acids is 1. The third-order valence-electron chi connectivity index (χ3n) is 3.57. The molecule has 1 aliphatic rings. The van der Waals surface area contributed by atoms with E-state index >= 15 is 0 Å². The Morgan fingerprint density at radius 1 is 1.38 bits per heavy atom. The van der Waals surface area contributed by atoms with Gasteiger partial charge in [0.1, 0.15) is 0 Å². The van der Waals surface area contributed by atoms with E-state index in [1.54, 1.807) is 11.3 Å². The maximum Gasteiger partial charge on any atom is 0.308 e. The molecule has 0 unspecified atom stereocenters. The lowest BCUT2D eigenvalue weighted by Gasteiger charge is -2.16. The first-order valence-corrected chi connectivity index (χ1v) is 7.48. The number of aliphatic carboxylic acids is 1. The summed E-state index contributed by atoms with van der Waals surface area (Å²) in [6.07, 6.45) is 0.0718. The molecule has 0 bridgehead atoms. The van der Waals surface area contributed by atoms with Gasteiger partial charge in [0.15, 0.2) is 0 Å². The van der Waals surface area contributed by atoms with Crippen LogP contribution >= 0.6 is 11.3 Å². The van der Waals surface area contributed by atoms with Crippen LogP contribution in [-0.2, 0) is 9.59 Å². The molecule has 1 aliphatic heterocycles. The molecule has 1 saturated heterocycles. The van der Waals surface area contributed by atoms with Gasteiger partial charge in [-0.1, -0.05) is 12.1 Å². The monoisotopic (exact) mass is 302 g/mol. The quantitative estimate of drug-likeness (QED) is 0.946. The van der Waals surface area contributed by atoms with Crippen LogP contribution in [0.2, 0.25) is 0 Å². The van der Waals surface area contributed by atoms with Gasteiger partial charge in [0.2, 0.25) is 5.91 Å². The Bertz CT molecular complexity index is 693. The minimum Gasteiger partial charge on any atom is -0.481 e. The number of hydrogen-bond acceptors (Lipinski definition) is 4. The summed E-state index contributed by atoms with van der Waals surface area (Å²) >= 11 is 1.59. The van der Waals surface area contributed by atoms with E-state index in [4.69, 9.17) is 5.11 Å². The molecular weight excluding hydrogens is 288 g/mol. The SMILES string of the molecule is Cc1nc(-c2ccc(N3C[C@H](C(=O)O)CC3=O)cc2)cs1. The van der Waals surface area contributed by atoms with Gasteiger partial charge in [-0.05, 0) is 19.1 Å². The summed E-state index contributed by atoms with van der Waals surface area (Å²) in [5.41, 5.74) is 2.64. The molecule has 0 saturated carbocycles. The van der Waals surface area contributed by atoms with Gasteiger partial charge in [0.05, 0.1) is 16.6 Å². The van der Waals surface area contributed by atoms with Crippen LogP contribution in [0.4, 0.5) is 5.69 Å². The fourth-order valence-corrected chi connectivity index (χ4v) is 3.05. The van der Waals surface area contributed by atoms with Gasteiger partial charge < -0.3 is 10.0 Å².